The highest BCUT2D eigenvalue weighted by molar-refractivity contribution is 9.10. The van der Waals surface area contributed by atoms with Crippen molar-refractivity contribution in [2.45, 2.75) is 18.6 Å². The van der Waals surface area contributed by atoms with Crippen LogP contribution in [0, 0.1) is 0 Å². The highest BCUT2D eigenvalue weighted by Gasteiger charge is 2.30. The lowest BCUT2D eigenvalue weighted by molar-refractivity contribution is -0.118. The van der Waals surface area contributed by atoms with Gasteiger partial charge < -0.3 is 20.5 Å². The van der Waals surface area contributed by atoms with Gasteiger partial charge in [0.25, 0.3) is 0 Å². The molecule has 1 aromatic rings. The van der Waals surface area contributed by atoms with Gasteiger partial charge in [-0.1, -0.05) is 6.07 Å². The van der Waals surface area contributed by atoms with E-state index < -0.39 is 5.97 Å². The number of aromatic carboxylic acids is 1. The van der Waals surface area contributed by atoms with E-state index in [4.69, 9.17) is 9.84 Å². The summed E-state index contributed by atoms with van der Waals surface area (Å²) in [6.07, 6.45) is 0.568. The second-order valence-electron chi connectivity index (χ2n) is 4.51. The Morgan fingerprint density at radius 1 is 1.50 bits per heavy atom. The summed E-state index contributed by atoms with van der Waals surface area (Å²) in [5, 5.41) is 14.8. The van der Waals surface area contributed by atoms with Crippen molar-refractivity contribution in [2.24, 2.45) is 0 Å². The predicted molar refractivity (Wildman–Crippen MR) is 76.9 cm³/mol. The molecule has 108 valence electrons. The number of amides is 1. The van der Waals surface area contributed by atoms with Gasteiger partial charge in [0.05, 0.1) is 23.4 Å². The van der Waals surface area contributed by atoms with Gasteiger partial charge in [-0.2, -0.15) is 0 Å². The first-order valence-corrected chi connectivity index (χ1v) is 6.91. The van der Waals surface area contributed by atoms with Crippen molar-refractivity contribution in [3.05, 3.63) is 28.2 Å². The Morgan fingerprint density at radius 3 is 2.85 bits per heavy atom. The molecule has 2 unspecified atom stereocenters. The van der Waals surface area contributed by atoms with E-state index in [2.05, 4.69) is 26.6 Å². The number of anilines is 1. The van der Waals surface area contributed by atoms with Crippen LogP contribution >= 0.6 is 15.9 Å². The molecule has 20 heavy (non-hydrogen) atoms. The Bertz CT molecular complexity index is 535. The first-order valence-electron chi connectivity index (χ1n) is 6.11. The number of nitrogens with one attached hydrogen (secondary N) is 2. The molecule has 7 heteroatoms. The maximum absolute atomic E-state index is 12.2. The summed E-state index contributed by atoms with van der Waals surface area (Å²) in [5.41, 5.74) is 0.321. The number of para-hydroxylation sites is 1. The first-order chi connectivity index (χ1) is 9.52. The van der Waals surface area contributed by atoms with Crippen molar-refractivity contribution < 1.29 is 19.4 Å². The van der Waals surface area contributed by atoms with E-state index in [1.165, 1.54) is 6.07 Å². The van der Waals surface area contributed by atoms with Crippen LogP contribution in [0.15, 0.2) is 22.7 Å². The SMILES string of the molecule is COC1CNC(C(=O)Nc2c(Br)cccc2C(=O)O)C1. The van der Waals surface area contributed by atoms with Crippen molar-refractivity contribution in [3.63, 3.8) is 0 Å². The van der Waals surface area contributed by atoms with Crippen LogP contribution in [0.4, 0.5) is 5.69 Å². The number of methoxy groups -OCH3 is 1. The summed E-state index contributed by atoms with van der Waals surface area (Å²) in [7, 11) is 1.60. The zero-order valence-corrected chi connectivity index (χ0v) is 12.4. The molecule has 2 rings (SSSR count). The number of carboxylic acids is 1. The standard InChI is InChI=1S/C13H15BrN2O4/c1-20-7-5-10(15-6-7)12(17)16-11-8(13(18)19)3-2-4-9(11)14/h2-4,7,10,15H,5-6H2,1H3,(H,16,17)(H,18,19). The summed E-state index contributed by atoms with van der Waals surface area (Å²) in [4.78, 5) is 23.3. The van der Waals surface area contributed by atoms with Gasteiger partial charge in [-0.05, 0) is 34.5 Å². The van der Waals surface area contributed by atoms with Gasteiger partial charge in [-0.3, -0.25) is 4.79 Å². The van der Waals surface area contributed by atoms with Gasteiger partial charge in [-0.15, -0.1) is 0 Å². The molecule has 0 spiro atoms. The molecule has 1 saturated heterocycles. The third-order valence-corrected chi connectivity index (χ3v) is 3.89. The molecule has 0 aromatic heterocycles. The lowest BCUT2D eigenvalue weighted by Gasteiger charge is -2.14. The number of halogens is 1. The number of carboxylic acid groups (broad SMARTS) is 1. The average Bonchev–Trinajstić information content (AvgIpc) is 2.89. The molecule has 0 aliphatic carbocycles. The largest absolute Gasteiger partial charge is 0.478 e. The second-order valence-corrected chi connectivity index (χ2v) is 5.37. The molecule has 1 aliphatic rings. The fraction of sp³-hybridized carbons (Fsp3) is 0.385. The van der Waals surface area contributed by atoms with E-state index >= 15 is 0 Å². The van der Waals surface area contributed by atoms with E-state index in [1.807, 2.05) is 0 Å². The molecule has 0 bridgehead atoms. The zero-order valence-electron chi connectivity index (χ0n) is 10.9. The van der Waals surface area contributed by atoms with Gasteiger partial charge in [0.2, 0.25) is 5.91 Å². The van der Waals surface area contributed by atoms with E-state index in [0.717, 1.165) is 0 Å². The van der Waals surface area contributed by atoms with Crippen LogP contribution in [-0.4, -0.2) is 42.8 Å². The van der Waals surface area contributed by atoms with Gasteiger partial charge in [-0.25, -0.2) is 4.79 Å². The van der Waals surface area contributed by atoms with Crippen LogP contribution in [0.2, 0.25) is 0 Å². The maximum atomic E-state index is 12.2. The van der Waals surface area contributed by atoms with Crippen LogP contribution in [0.1, 0.15) is 16.8 Å². The van der Waals surface area contributed by atoms with Crippen molar-refractivity contribution in [3.8, 4) is 0 Å². The zero-order chi connectivity index (χ0) is 14.7. The van der Waals surface area contributed by atoms with E-state index in [-0.39, 0.29) is 29.3 Å². The third kappa shape index (κ3) is 3.17. The van der Waals surface area contributed by atoms with Gasteiger partial charge in [0.15, 0.2) is 0 Å². The quantitative estimate of drug-likeness (QED) is 0.771. The maximum Gasteiger partial charge on any atom is 0.337 e. The molecule has 1 aromatic carbocycles. The van der Waals surface area contributed by atoms with Crippen LogP contribution in [0.25, 0.3) is 0 Å². The van der Waals surface area contributed by atoms with Crippen molar-refractivity contribution >= 4 is 33.5 Å². The number of hydrogen-bond acceptors (Lipinski definition) is 4. The lowest BCUT2D eigenvalue weighted by Crippen LogP contribution is -2.36. The predicted octanol–water partition coefficient (Wildman–Crippen LogP) is 1.46. The Balaban J connectivity index is 2.14. The summed E-state index contributed by atoms with van der Waals surface area (Å²) in [5.74, 6) is -1.35. The average molecular weight is 343 g/mol. The molecular weight excluding hydrogens is 328 g/mol. The highest BCUT2D eigenvalue weighted by atomic mass is 79.9. The summed E-state index contributed by atoms with van der Waals surface area (Å²) >= 11 is 3.25. The highest BCUT2D eigenvalue weighted by Crippen LogP contribution is 2.27. The van der Waals surface area contributed by atoms with Crippen LogP contribution in [0.3, 0.4) is 0 Å². The Labute approximate surface area is 124 Å². The topological polar surface area (TPSA) is 87.7 Å². The summed E-state index contributed by atoms with van der Waals surface area (Å²) < 4.78 is 5.72. The molecule has 1 aliphatic heterocycles. The first kappa shape index (κ1) is 15.0. The number of hydrogen-bond donors (Lipinski definition) is 3. The Kier molecular flexibility index (Phi) is 4.74. The second kappa shape index (κ2) is 6.34. The van der Waals surface area contributed by atoms with Gasteiger partial charge in [0, 0.05) is 18.1 Å². The van der Waals surface area contributed by atoms with Crippen LogP contribution < -0.4 is 10.6 Å². The third-order valence-electron chi connectivity index (χ3n) is 3.23. The minimum Gasteiger partial charge on any atom is -0.478 e. The molecule has 0 saturated carbocycles. The fourth-order valence-electron chi connectivity index (χ4n) is 2.12. The molecular formula is C13H15BrN2O4. The number of carbonyl (C=O) groups is 2. The number of carbonyl (C=O) groups excluding carboxylic acids is 1. The normalized spacial score (nSPS) is 21.7. The van der Waals surface area contributed by atoms with Gasteiger partial charge >= 0.3 is 5.97 Å². The monoisotopic (exact) mass is 342 g/mol. The van der Waals surface area contributed by atoms with Crippen molar-refractivity contribution in [2.75, 3.05) is 19.0 Å². The molecule has 1 heterocycles. The van der Waals surface area contributed by atoms with Crippen molar-refractivity contribution in [1.82, 2.24) is 5.32 Å². The summed E-state index contributed by atoms with van der Waals surface area (Å²) in [6.45, 7) is 0.607. The van der Waals surface area contributed by atoms with Crippen molar-refractivity contribution in [1.29, 1.82) is 0 Å². The van der Waals surface area contributed by atoms with E-state index in [0.29, 0.717) is 17.4 Å². The minimum absolute atomic E-state index is 0.00362. The molecule has 3 N–H and O–H groups in total. The number of ether oxygens (including phenoxy) is 1. The fourth-order valence-corrected chi connectivity index (χ4v) is 2.59. The minimum atomic E-state index is -1.09. The smallest absolute Gasteiger partial charge is 0.337 e. The van der Waals surface area contributed by atoms with Crippen LogP contribution in [0.5, 0.6) is 0 Å². The summed E-state index contributed by atoms with van der Waals surface area (Å²) in [6, 6.07) is 4.36. The van der Waals surface area contributed by atoms with E-state index in [9.17, 15) is 9.59 Å². The molecule has 6 nitrogen and oxygen atoms in total. The number of benzene rings is 1. The van der Waals surface area contributed by atoms with Gasteiger partial charge in [0.1, 0.15) is 0 Å². The molecule has 1 fully saturated rings. The Hall–Kier alpha value is -1.44. The molecule has 1 amide bonds. The lowest BCUT2D eigenvalue weighted by atomic mass is 10.1. The molecule has 2 atom stereocenters. The Morgan fingerprint density at radius 2 is 2.25 bits per heavy atom. The number of rotatable bonds is 4. The molecule has 0 radical (unpaired) electrons. The van der Waals surface area contributed by atoms with E-state index in [1.54, 1.807) is 19.2 Å². The van der Waals surface area contributed by atoms with Crippen LogP contribution in [-0.2, 0) is 9.53 Å².